The van der Waals surface area contributed by atoms with Crippen LogP contribution in [0.2, 0.25) is 0 Å². The molecule has 31 heavy (non-hydrogen) atoms. The zero-order chi connectivity index (χ0) is 23.4. The molecule has 0 saturated heterocycles. The average Bonchev–Trinajstić information content (AvgIpc) is 2.70. The third kappa shape index (κ3) is 19.9. The number of ether oxygens (including phenoxy) is 5. The Bertz CT molecular complexity index is 485. The summed E-state index contributed by atoms with van der Waals surface area (Å²) in [5.74, 6) is 0.546. The van der Waals surface area contributed by atoms with Crippen molar-refractivity contribution in [3.63, 3.8) is 0 Å². The van der Waals surface area contributed by atoms with Gasteiger partial charge in [0.2, 0.25) is 6.29 Å². The van der Waals surface area contributed by atoms with Gasteiger partial charge in [-0.15, -0.1) is 0 Å². The van der Waals surface area contributed by atoms with E-state index >= 15 is 0 Å². The monoisotopic (exact) mass is 490 g/mol. The topological polar surface area (TPSA) is 134 Å². The van der Waals surface area contributed by atoms with Crippen LogP contribution in [0.5, 0.6) is 0 Å². The lowest BCUT2D eigenvalue weighted by atomic mass is 10.2. The Morgan fingerprint density at radius 2 is 1.48 bits per heavy atom. The predicted molar refractivity (Wildman–Crippen MR) is 119 cm³/mol. The molecule has 0 aromatic carbocycles. The lowest BCUT2D eigenvalue weighted by Crippen LogP contribution is -2.29. The van der Waals surface area contributed by atoms with Crippen molar-refractivity contribution < 1.29 is 42.5 Å². The highest BCUT2D eigenvalue weighted by molar-refractivity contribution is 8.54. The maximum absolute atomic E-state index is 12.2. The molecule has 0 radical (unpaired) electrons. The minimum Gasteiger partial charge on any atom is -0.432 e. The number of carbonyl (C=O) groups is 1. The smallest absolute Gasteiger partial charge is 0.432 e. The molecule has 2 unspecified atom stereocenters. The summed E-state index contributed by atoms with van der Waals surface area (Å²) in [4.78, 5) is 21.6. The summed E-state index contributed by atoms with van der Waals surface area (Å²) in [5.41, 5.74) is 0. The van der Waals surface area contributed by atoms with E-state index in [-0.39, 0.29) is 19.1 Å². The summed E-state index contributed by atoms with van der Waals surface area (Å²) < 4.78 is 42.7. The molecule has 0 aliphatic rings. The fourth-order valence-corrected chi connectivity index (χ4v) is 5.10. The van der Waals surface area contributed by atoms with Crippen molar-refractivity contribution in [1.82, 2.24) is 10.6 Å². The largest absolute Gasteiger partial charge is 0.510 e. The number of carbonyl (C=O) groups excluding carboxylic acids is 1. The Labute approximate surface area is 189 Å². The van der Waals surface area contributed by atoms with E-state index in [4.69, 9.17) is 28.2 Å². The fourth-order valence-electron chi connectivity index (χ4n) is 2.25. The maximum Gasteiger partial charge on any atom is 0.510 e. The highest BCUT2D eigenvalue weighted by atomic mass is 32.7. The van der Waals surface area contributed by atoms with E-state index in [1.165, 1.54) is 6.92 Å². The maximum atomic E-state index is 12.2. The third-order valence-electron chi connectivity index (χ3n) is 3.54. The molecule has 0 rings (SSSR count). The highest BCUT2D eigenvalue weighted by Gasteiger charge is 2.27. The summed E-state index contributed by atoms with van der Waals surface area (Å²) in [6, 6.07) is 0. The molecule has 0 heterocycles. The molecule has 186 valence electrons. The van der Waals surface area contributed by atoms with Gasteiger partial charge in [0.15, 0.2) is 0 Å². The van der Waals surface area contributed by atoms with Gasteiger partial charge in [-0.2, -0.15) is 0 Å². The molecule has 13 heteroatoms. The van der Waals surface area contributed by atoms with Crippen LogP contribution in [-0.4, -0.2) is 96.5 Å². The van der Waals surface area contributed by atoms with Crippen LogP contribution < -0.4 is 10.6 Å². The highest BCUT2D eigenvalue weighted by Crippen LogP contribution is 2.57. The molecule has 0 aromatic rings. The molecule has 3 N–H and O–H groups in total. The van der Waals surface area contributed by atoms with Crippen molar-refractivity contribution in [2.45, 2.75) is 26.6 Å². The Morgan fingerprint density at radius 1 is 0.968 bits per heavy atom. The van der Waals surface area contributed by atoms with Crippen molar-refractivity contribution in [3.8, 4) is 0 Å². The summed E-state index contributed by atoms with van der Waals surface area (Å²) >= 11 is 0.795. The zero-order valence-electron chi connectivity index (χ0n) is 19.0. The van der Waals surface area contributed by atoms with Gasteiger partial charge in [0.25, 0.3) is 0 Å². The number of rotatable bonds is 21. The molecule has 2 atom stereocenters. The summed E-state index contributed by atoms with van der Waals surface area (Å²) in [6.07, 6.45) is -1.26. The molecular weight excluding hydrogens is 451 g/mol. The van der Waals surface area contributed by atoms with Gasteiger partial charge in [-0.3, -0.25) is 4.52 Å². The van der Waals surface area contributed by atoms with Gasteiger partial charge in [0, 0.05) is 12.4 Å². The minimum absolute atomic E-state index is 0.0214. The molecule has 11 nitrogen and oxygen atoms in total. The Morgan fingerprint density at radius 3 is 2.00 bits per heavy atom. The first kappa shape index (κ1) is 30.6. The van der Waals surface area contributed by atoms with Crippen LogP contribution in [0.15, 0.2) is 0 Å². The van der Waals surface area contributed by atoms with Crippen LogP contribution in [0.1, 0.15) is 20.3 Å². The van der Waals surface area contributed by atoms with Gasteiger partial charge in [0.1, 0.15) is 6.61 Å². The van der Waals surface area contributed by atoms with Crippen molar-refractivity contribution in [2.24, 2.45) is 5.92 Å². The normalized spacial score (nSPS) is 14.4. The van der Waals surface area contributed by atoms with Crippen LogP contribution in [0.3, 0.4) is 0 Å². The minimum atomic E-state index is -3.98. The van der Waals surface area contributed by atoms with Crippen LogP contribution in [0.4, 0.5) is 4.79 Å². The molecule has 0 fully saturated rings. The lowest BCUT2D eigenvalue weighted by Gasteiger charge is -2.20. The Balaban J connectivity index is 3.82. The van der Waals surface area contributed by atoms with Crippen molar-refractivity contribution in [1.29, 1.82) is 0 Å². The Hall–Kier alpha value is -0.430. The van der Waals surface area contributed by atoms with Gasteiger partial charge >= 0.3 is 13.0 Å². The van der Waals surface area contributed by atoms with Crippen molar-refractivity contribution in [2.75, 3.05) is 79.2 Å². The third-order valence-corrected chi connectivity index (χ3v) is 6.74. The van der Waals surface area contributed by atoms with Crippen LogP contribution in [0.25, 0.3) is 0 Å². The van der Waals surface area contributed by atoms with E-state index in [1.54, 1.807) is 0 Å². The lowest BCUT2D eigenvalue weighted by molar-refractivity contribution is -0.0611. The number of hydrogen-bond acceptors (Lipinski definition) is 11. The first-order valence-corrected chi connectivity index (χ1v) is 13.5. The molecule has 0 saturated carbocycles. The predicted octanol–water partition coefficient (Wildman–Crippen LogP) is 1.85. The molecular formula is C18H39N2O9PS. The van der Waals surface area contributed by atoms with E-state index in [9.17, 15) is 14.3 Å². The number of hydrogen-bond donors (Lipinski definition) is 3. The van der Waals surface area contributed by atoms with Gasteiger partial charge in [-0.05, 0) is 57.8 Å². The van der Waals surface area contributed by atoms with E-state index in [2.05, 4.69) is 10.6 Å². The first-order chi connectivity index (χ1) is 14.8. The van der Waals surface area contributed by atoms with E-state index < -0.39 is 19.2 Å². The van der Waals surface area contributed by atoms with Crippen LogP contribution in [-0.2, 0) is 32.8 Å². The van der Waals surface area contributed by atoms with E-state index in [0.717, 1.165) is 24.4 Å². The second-order valence-corrected chi connectivity index (χ2v) is 10.4. The zero-order valence-corrected chi connectivity index (χ0v) is 20.7. The molecule has 0 bridgehead atoms. The van der Waals surface area contributed by atoms with E-state index in [0.29, 0.717) is 45.3 Å². The van der Waals surface area contributed by atoms with Crippen molar-refractivity contribution in [3.05, 3.63) is 0 Å². The second kappa shape index (κ2) is 20.2. The molecule has 0 aliphatic heterocycles. The molecule has 0 aromatic heterocycles. The summed E-state index contributed by atoms with van der Waals surface area (Å²) in [5, 5.41) is 6.06. The first-order valence-electron chi connectivity index (χ1n) is 10.4. The van der Waals surface area contributed by atoms with Gasteiger partial charge < -0.3 is 39.2 Å². The summed E-state index contributed by atoms with van der Waals surface area (Å²) in [7, 11) is 3.63. The molecule has 0 aliphatic carbocycles. The second-order valence-electron chi connectivity index (χ2n) is 6.47. The summed E-state index contributed by atoms with van der Waals surface area (Å²) in [6.45, 7) is 3.48. The standard InChI is InChI=1S/C18H39N2O9PS/c1-5-6-24-7-8-25-9-10-26-11-12-27-18(21)28-16(2)29-30(22,23)31-15-17(13-19-3)14-20-4/h16-17,19-20H,5-15H2,1-4H3,(H,22,23). The van der Waals surface area contributed by atoms with Gasteiger partial charge in [0.05, 0.1) is 33.0 Å². The Kier molecular flexibility index (Phi) is 19.9. The molecule has 0 amide bonds. The number of nitrogens with one attached hydrogen (secondary N) is 2. The fraction of sp³-hybridized carbons (Fsp3) is 0.944. The van der Waals surface area contributed by atoms with Crippen molar-refractivity contribution >= 4 is 24.3 Å². The van der Waals surface area contributed by atoms with E-state index in [1.807, 2.05) is 21.0 Å². The average molecular weight is 491 g/mol. The van der Waals surface area contributed by atoms with Crippen LogP contribution >= 0.6 is 18.2 Å². The van der Waals surface area contributed by atoms with Gasteiger partial charge in [-0.25, -0.2) is 9.36 Å². The van der Waals surface area contributed by atoms with Crippen LogP contribution in [0, 0.1) is 5.92 Å². The van der Waals surface area contributed by atoms with Gasteiger partial charge in [-0.1, -0.05) is 6.92 Å². The SMILES string of the molecule is CCCOCCOCCOCCOC(=O)OC(C)OP(=O)(O)SCC(CNC)CNC. The quantitative estimate of drug-likeness (QED) is 0.0938. The molecule has 0 spiro atoms.